The van der Waals surface area contributed by atoms with E-state index in [1.807, 2.05) is 28.2 Å². The minimum absolute atomic E-state index is 0.0150. The van der Waals surface area contributed by atoms with Crippen LogP contribution in [0.4, 0.5) is 0 Å². The molecule has 0 N–H and O–H groups in total. The summed E-state index contributed by atoms with van der Waals surface area (Å²) < 4.78 is 17.4. The molecule has 0 saturated carbocycles. The first-order valence-electron chi connectivity index (χ1n) is 17.2. The summed E-state index contributed by atoms with van der Waals surface area (Å²) in [6.45, 7) is 16.5. The van der Waals surface area contributed by atoms with Crippen LogP contribution < -0.4 is 15.9 Å². The number of aromatic nitrogens is 3. The van der Waals surface area contributed by atoms with Gasteiger partial charge in [0.2, 0.25) is 0 Å². The van der Waals surface area contributed by atoms with E-state index in [9.17, 15) is 9.59 Å². The fourth-order valence-electron chi connectivity index (χ4n) is 7.39. The maximum atomic E-state index is 14.5. The molecule has 3 aliphatic heterocycles. The van der Waals surface area contributed by atoms with Gasteiger partial charge in [-0.05, 0) is 68.6 Å². The molecule has 3 aliphatic rings. The van der Waals surface area contributed by atoms with Crippen molar-refractivity contribution in [1.29, 1.82) is 0 Å². The van der Waals surface area contributed by atoms with Crippen molar-refractivity contribution in [3.05, 3.63) is 69.3 Å². The zero-order valence-corrected chi connectivity index (χ0v) is 29.8. The summed E-state index contributed by atoms with van der Waals surface area (Å²) in [5.41, 5.74) is 3.28. The Labute approximate surface area is 281 Å². The lowest BCUT2D eigenvalue weighted by molar-refractivity contribution is 0.0878. The van der Waals surface area contributed by atoms with E-state index in [0.717, 1.165) is 60.8 Å². The maximum absolute atomic E-state index is 14.5. The molecular weight excluding hydrogens is 627 g/mol. The molecule has 250 valence electrons. The Bertz CT molecular complexity index is 1900. The number of likely N-dealkylation sites (tertiary alicyclic amines) is 1. The average Bonchev–Trinajstić information content (AvgIpc) is 3.58. The lowest BCUT2D eigenvalue weighted by atomic mass is 10.1. The van der Waals surface area contributed by atoms with Gasteiger partial charge in [0, 0.05) is 45.4 Å². The molecule has 2 fully saturated rings. The SMILES string of the molecule is C=CCN1C2CCC1Cn1sc3c(cccc3c1=O)-c1nc3c(cc(CN4CCCCC4)cc3n(COCC[Si](C)(C)C)c1=O)OC2. The Morgan fingerprint density at radius 3 is 2.68 bits per heavy atom. The monoisotopic (exact) mass is 673 g/mol. The second-order valence-corrected chi connectivity index (χ2v) is 21.3. The molecule has 0 spiro atoms. The van der Waals surface area contributed by atoms with Gasteiger partial charge >= 0.3 is 0 Å². The highest BCUT2D eigenvalue weighted by Gasteiger charge is 2.34. The largest absolute Gasteiger partial charge is 0.490 e. The fourth-order valence-corrected chi connectivity index (χ4v) is 9.31. The van der Waals surface area contributed by atoms with Gasteiger partial charge in [-0.1, -0.05) is 55.8 Å². The molecule has 2 aromatic heterocycles. The van der Waals surface area contributed by atoms with Crippen LogP contribution in [0.1, 0.15) is 37.7 Å². The summed E-state index contributed by atoms with van der Waals surface area (Å²) in [5, 5.41) is 0.625. The van der Waals surface area contributed by atoms with Crippen molar-refractivity contribution in [2.24, 2.45) is 0 Å². The van der Waals surface area contributed by atoms with E-state index >= 15 is 0 Å². The predicted octanol–water partition coefficient (Wildman–Crippen LogP) is 6.15. The molecule has 11 heteroatoms. The summed E-state index contributed by atoms with van der Waals surface area (Å²) in [5.74, 6) is 0.698. The van der Waals surface area contributed by atoms with Gasteiger partial charge in [0.25, 0.3) is 11.1 Å². The van der Waals surface area contributed by atoms with E-state index in [1.165, 1.54) is 30.8 Å². The Hall–Kier alpha value is -3.09. The van der Waals surface area contributed by atoms with Gasteiger partial charge in [-0.3, -0.25) is 27.9 Å². The minimum atomic E-state index is -1.33. The molecule has 0 amide bonds. The molecule has 2 saturated heterocycles. The van der Waals surface area contributed by atoms with Crippen molar-refractivity contribution < 1.29 is 9.47 Å². The topological polar surface area (TPSA) is 81.8 Å². The van der Waals surface area contributed by atoms with E-state index in [0.29, 0.717) is 47.7 Å². The summed E-state index contributed by atoms with van der Waals surface area (Å²) in [4.78, 5) is 38.3. The first kappa shape index (κ1) is 32.5. The lowest BCUT2D eigenvalue weighted by Crippen LogP contribution is -2.42. The van der Waals surface area contributed by atoms with Gasteiger partial charge in [0.15, 0.2) is 0 Å². The molecule has 0 aliphatic carbocycles. The molecule has 4 aromatic rings. The first-order chi connectivity index (χ1) is 22.7. The quantitative estimate of drug-likeness (QED) is 0.120. The number of rotatable bonds is 9. The maximum Gasteiger partial charge on any atom is 0.279 e. The summed E-state index contributed by atoms with van der Waals surface area (Å²) in [6, 6.07) is 11.3. The Morgan fingerprint density at radius 2 is 1.89 bits per heavy atom. The summed E-state index contributed by atoms with van der Waals surface area (Å²) >= 11 is 1.44. The first-order valence-corrected chi connectivity index (χ1v) is 21.7. The molecule has 2 aromatic carbocycles. The van der Waals surface area contributed by atoms with Gasteiger partial charge in [-0.25, -0.2) is 4.98 Å². The smallest absolute Gasteiger partial charge is 0.279 e. The Morgan fingerprint density at radius 1 is 1.09 bits per heavy atom. The van der Waals surface area contributed by atoms with Crippen molar-refractivity contribution in [3.8, 4) is 17.0 Å². The average molecular weight is 674 g/mol. The van der Waals surface area contributed by atoms with E-state index in [-0.39, 0.29) is 29.9 Å². The number of ether oxygens (including phenoxy) is 2. The summed E-state index contributed by atoms with van der Waals surface area (Å²) in [6.07, 6.45) is 7.59. The second-order valence-electron chi connectivity index (χ2n) is 14.7. The van der Waals surface area contributed by atoms with E-state index < -0.39 is 8.07 Å². The zero-order valence-electron chi connectivity index (χ0n) is 28.0. The highest BCUT2D eigenvalue weighted by molar-refractivity contribution is 7.14. The molecule has 2 atom stereocenters. The van der Waals surface area contributed by atoms with Gasteiger partial charge in [-0.2, -0.15) is 0 Å². The van der Waals surface area contributed by atoms with Gasteiger partial charge in [0.05, 0.1) is 22.1 Å². The third-order valence-corrected chi connectivity index (χ3v) is 12.9. The van der Waals surface area contributed by atoms with Gasteiger partial charge in [0.1, 0.15) is 30.3 Å². The number of nitrogens with zero attached hydrogens (tertiary/aromatic N) is 5. The number of piperidine rings is 1. The van der Waals surface area contributed by atoms with Crippen LogP contribution in [-0.2, 0) is 24.6 Å². The van der Waals surface area contributed by atoms with Crippen LogP contribution in [0.3, 0.4) is 0 Å². The zero-order chi connectivity index (χ0) is 32.7. The fraction of sp³-hybridized carbons (Fsp3) is 0.528. The van der Waals surface area contributed by atoms with Crippen LogP contribution in [0.2, 0.25) is 25.7 Å². The molecule has 5 heterocycles. The number of fused-ring (bicyclic) bond motifs is 5. The second kappa shape index (κ2) is 13.4. The van der Waals surface area contributed by atoms with Crippen LogP contribution in [0, 0.1) is 0 Å². The van der Waals surface area contributed by atoms with Crippen molar-refractivity contribution in [3.63, 3.8) is 0 Å². The van der Waals surface area contributed by atoms with Gasteiger partial charge < -0.3 is 9.47 Å². The Kier molecular flexibility index (Phi) is 9.27. The highest BCUT2D eigenvalue weighted by Crippen LogP contribution is 2.35. The lowest BCUT2D eigenvalue weighted by Gasteiger charge is -2.29. The van der Waals surface area contributed by atoms with Crippen molar-refractivity contribution in [2.45, 2.75) is 89.7 Å². The molecule has 9 nitrogen and oxygen atoms in total. The number of hydrogen-bond acceptors (Lipinski definition) is 8. The Balaban J connectivity index is 1.43. The van der Waals surface area contributed by atoms with Crippen molar-refractivity contribution in [2.75, 3.05) is 32.8 Å². The normalized spacial score (nSPS) is 20.7. The predicted molar refractivity (Wildman–Crippen MR) is 194 cm³/mol. The third kappa shape index (κ3) is 6.65. The van der Waals surface area contributed by atoms with Gasteiger partial charge in [-0.15, -0.1) is 6.58 Å². The van der Waals surface area contributed by atoms with E-state index in [4.69, 9.17) is 14.5 Å². The third-order valence-electron chi connectivity index (χ3n) is 10.00. The molecule has 0 radical (unpaired) electrons. The standard InChI is InChI=1S/C36H47N5O4SSi/c1-5-14-39-26-12-13-27(39)23-45-31-20-25(21-38-15-7-6-8-16-38)19-30-33(31)37-32(36(43)40(30)24-44-17-18-47(2,3)4)28-10-9-11-29-34(28)46-41(22-26)35(29)42/h5,9-11,19-20,26-27H,1,6-8,12-18,21-24H2,2-4H3. The van der Waals surface area contributed by atoms with Crippen molar-refractivity contribution >= 4 is 40.7 Å². The summed E-state index contributed by atoms with van der Waals surface area (Å²) in [7, 11) is -1.33. The molecule has 2 unspecified atom stereocenters. The number of benzene rings is 2. The van der Waals surface area contributed by atoms with E-state index in [1.54, 1.807) is 4.57 Å². The molecule has 6 bridgehead atoms. The molecular formula is C36H47N5O4SSi. The minimum Gasteiger partial charge on any atom is -0.490 e. The van der Waals surface area contributed by atoms with Crippen LogP contribution in [0.5, 0.6) is 5.75 Å². The van der Waals surface area contributed by atoms with Crippen LogP contribution in [-0.4, -0.2) is 76.3 Å². The molecule has 47 heavy (non-hydrogen) atoms. The molecule has 7 rings (SSSR count). The van der Waals surface area contributed by atoms with Crippen LogP contribution in [0.15, 0.2) is 52.6 Å². The highest BCUT2D eigenvalue weighted by atomic mass is 32.1. The van der Waals surface area contributed by atoms with Crippen LogP contribution >= 0.6 is 11.5 Å². The van der Waals surface area contributed by atoms with Crippen LogP contribution in [0.25, 0.3) is 32.4 Å². The van der Waals surface area contributed by atoms with E-state index in [2.05, 4.69) is 48.2 Å². The number of hydrogen-bond donors (Lipinski definition) is 0. The van der Waals surface area contributed by atoms with Crippen molar-refractivity contribution in [1.82, 2.24) is 23.3 Å².